The Balaban J connectivity index is 1.42. The van der Waals surface area contributed by atoms with Crippen LogP contribution in [0.4, 0.5) is 0 Å². The van der Waals surface area contributed by atoms with E-state index in [0.717, 1.165) is 29.2 Å². The van der Waals surface area contributed by atoms with Gasteiger partial charge < -0.3 is 14.4 Å². The highest BCUT2D eigenvalue weighted by Gasteiger charge is 2.36. The van der Waals surface area contributed by atoms with Crippen LogP contribution >= 0.6 is 22.9 Å². The fraction of sp³-hybridized carbons (Fsp3) is 0.345. The summed E-state index contributed by atoms with van der Waals surface area (Å²) in [6.07, 6.45) is 0.554. The van der Waals surface area contributed by atoms with Crippen molar-refractivity contribution in [3.05, 3.63) is 87.1 Å². The number of ether oxygens (including phenoxy) is 2. The quantitative estimate of drug-likeness (QED) is 0.379. The maximum atomic E-state index is 13.9. The molecule has 39 heavy (non-hydrogen) atoms. The Kier molecular flexibility index (Phi) is 8.93. The Morgan fingerprint density at radius 1 is 1.10 bits per heavy atom. The number of carbonyl (C=O) groups excluding carboxylic acids is 2. The summed E-state index contributed by atoms with van der Waals surface area (Å²) in [5, 5.41) is 8.66. The van der Waals surface area contributed by atoms with E-state index in [9.17, 15) is 9.59 Å². The molecule has 2 aliphatic rings. The number of hydrazone groups is 1. The largest absolute Gasteiger partial charge is 0.496 e. The standard InChI is InChI=1S/C29H31ClN4O4S/c1-37-26-10-5-3-8-22(26)25-19-24(27-11-6-18-39-27)31-34(25)28(35)20-33(13-12-32-14-16-38-17-15-32)29(36)21-7-2-4-9-23(21)30/h2-11,18,25H,12-17,19-20H2,1H3/t25-/m0/s1. The molecule has 0 unspecified atom stereocenters. The summed E-state index contributed by atoms with van der Waals surface area (Å²) in [5.74, 6) is 0.150. The van der Waals surface area contributed by atoms with E-state index in [0.29, 0.717) is 49.1 Å². The highest BCUT2D eigenvalue weighted by Crippen LogP contribution is 2.38. The number of rotatable bonds is 9. The summed E-state index contributed by atoms with van der Waals surface area (Å²) in [6, 6.07) is 18.2. The van der Waals surface area contributed by atoms with E-state index in [1.807, 2.05) is 41.8 Å². The van der Waals surface area contributed by atoms with Gasteiger partial charge in [0.1, 0.15) is 12.3 Å². The highest BCUT2D eigenvalue weighted by atomic mass is 35.5. The highest BCUT2D eigenvalue weighted by molar-refractivity contribution is 7.12. The number of hydrogen-bond donors (Lipinski definition) is 0. The zero-order valence-corrected chi connectivity index (χ0v) is 23.4. The van der Waals surface area contributed by atoms with Crippen molar-refractivity contribution in [3.63, 3.8) is 0 Å². The summed E-state index contributed by atoms with van der Waals surface area (Å²) in [7, 11) is 1.62. The average molecular weight is 567 g/mol. The average Bonchev–Trinajstić information content (AvgIpc) is 3.66. The van der Waals surface area contributed by atoms with E-state index < -0.39 is 0 Å². The van der Waals surface area contributed by atoms with Gasteiger partial charge in [-0.3, -0.25) is 14.5 Å². The maximum Gasteiger partial charge on any atom is 0.262 e. The predicted molar refractivity (Wildman–Crippen MR) is 153 cm³/mol. The van der Waals surface area contributed by atoms with Gasteiger partial charge in [-0.1, -0.05) is 48.0 Å². The summed E-state index contributed by atoms with van der Waals surface area (Å²) in [5.41, 5.74) is 2.09. The number of hydrogen-bond acceptors (Lipinski definition) is 7. The maximum absolute atomic E-state index is 13.9. The fourth-order valence-corrected chi connectivity index (χ4v) is 5.83. The smallest absolute Gasteiger partial charge is 0.262 e. The lowest BCUT2D eigenvalue weighted by Gasteiger charge is -2.31. The van der Waals surface area contributed by atoms with Gasteiger partial charge in [-0.15, -0.1) is 11.3 Å². The monoisotopic (exact) mass is 566 g/mol. The van der Waals surface area contributed by atoms with E-state index in [-0.39, 0.29) is 24.4 Å². The first-order valence-electron chi connectivity index (χ1n) is 13.0. The first-order chi connectivity index (χ1) is 19.0. The van der Waals surface area contributed by atoms with Gasteiger partial charge in [0.15, 0.2) is 0 Å². The third kappa shape index (κ3) is 6.33. The van der Waals surface area contributed by atoms with Crippen LogP contribution in [0, 0.1) is 0 Å². The van der Waals surface area contributed by atoms with Crippen molar-refractivity contribution in [2.24, 2.45) is 5.10 Å². The van der Waals surface area contributed by atoms with E-state index in [4.69, 9.17) is 26.2 Å². The van der Waals surface area contributed by atoms with E-state index >= 15 is 0 Å². The minimum atomic E-state index is -0.345. The zero-order valence-electron chi connectivity index (χ0n) is 21.8. The molecule has 0 N–H and O–H groups in total. The van der Waals surface area contributed by atoms with Gasteiger partial charge in [0.05, 0.1) is 47.5 Å². The van der Waals surface area contributed by atoms with Crippen LogP contribution in [0.15, 0.2) is 71.1 Å². The molecule has 1 aromatic heterocycles. The van der Waals surface area contributed by atoms with E-state index in [1.165, 1.54) is 5.01 Å². The molecule has 2 aromatic carbocycles. The minimum absolute atomic E-state index is 0.124. The number of para-hydroxylation sites is 1. The number of thiophene rings is 1. The minimum Gasteiger partial charge on any atom is -0.496 e. The Labute approximate surface area is 237 Å². The van der Waals surface area contributed by atoms with Crippen molar-refractivity contribution in [2.75, 3.05) is 53.0 Å². The van der Waals surface area contributed by atoms with E-state index in [2.05, 4.69) is 4.90 Å². The molecule has 0 radical (unpaired) electrons. The van der Waals surface area contributed by atoms with Crippen molar-refractivity contribution in [3.8, 4) is 5.75 Å². The van der Waals surface area contributed by atoms with Gasteiger partial charge in [-0.25, -0.2) is 5.01 Å². The molecule has 2 amide bonds. The van der Waals surface area contributed by atoms with Crippen LogP contribution in [0.2, 0.25) is 5.02 Å². The molecule has 10 heteroatoms. The topological polar surface area (TPSA) is 74.7 Å². The van der Waals surface area contributed by atoms with Crippen LogP contribution in [0.3, 0.4) is 0 Å². The van der Waals surface area contributed by atoms with Crippen LogP contribution in [-0.2, 0) is 9.53 Å². The number of benzene rings is 2. The van der Waals surface area contributed by atoms with Crippen LogP contribution in [0.1, 0.15) is 33.3 Å². The van der Waals surface area contributed by atoms with Crippen LogP contribution in [0.25, 0.3) is 0 Å². The molecule has 1 fully saturated rings. The molecule has 1 saturated heterocycles. The zero-order chi connectivity index (χ0) is 27.2. The van der Waals surface area contributed by atoms with Gasteiger partial charge in [0.25, 0.3) is 11.8 Å². The third-order valence-electron chi connectivity index (χ3n) is 6.98. The van der Waals surface area contributed by atoms with Gasteiger partial charge in [0, 0.05) is 38.2 Å². The number of nitrogens with zero attached hydrogens (tertiary/aromatic N) is 4. The van der Waals surface area contributed by atoms with Crippen molar-refractivity contribution in [2.45, 2.75) is 12.5 Å². The Morgan fingerprint density at radius 3 is 2.62 bits per heavy atom. The first kappa shape index (κ1) is 27.3. The molecule has 0 saturated carbocycles. The van der Waals surface area contributed by atoms with Crippen molar-refractivity contribution in [1.82, 2.24) is 14.8 Å². The molecular weight excluding hydrogens is 536 g/mol. The second-order valence-corrected chi connectivity index (χ2v) is 10.7. The van der Waals surface area contributed by atoms with Gasteiger partial charge in [-0.2, -0.15) is 5.10 Å². The van der Waals surface area contributed by atoms with Gasteiger partial charge >= 0.3 is 0 Å². The molecule has 204 valence electrons. The Bertz CT molecular complexity index is 1330. The summed E-state index contributed by atoms with van der Waals surface area (Å²) >= 11 is 7.97. The summed E-state index contributed by atoms with van der Waals surface area (Å²) < 4.78 is 11.1. The fourth-order valence-electron chi connectivity index (χ4n) is 4.90. The van der Waals surface area contributed by atoms with Gasteiger partial charge in [0.2, 0.25) is 0 Å². The lowest BCUT2D eigenvalue weighted by atomic mass is 10.00. The molecule has 0 spiro atoms. The SMILES string of the molecule is COc1ccccc1[C@@H]1CC(c2cccs2)=NN1C(=O)CN(CCN1CCOCC1)C(=O)c1ccccc1Cl. The Morgan fingerprint density at radius 2 is 1.87 bits per heavy atom. The molecular formula is C29H31ClN4O4S. The molecule has 0 bridgehead atoms. The number of methoxy groups -OCH3 is 1. The lowest BCUT2D eigenvalue weighted by Crippen LogP contribution is -2.46. The second kappa shape index (κ2) is 12.7. The summed E-state index contributed by atoms with van der Waals surface area (Å²) in [6.45, 7) is 3.78. The van der Waals surface area contributed by atoms with Crippen molar-refractivity contribution < 1.29 is 19.1 Å². The molecule has 8 nitrogen and oxygen atoms in total. The predicted octanol–water partition coefficient (Wildman–Crippen LogP) is 4.56. The normalized spacial score (nSPS) is 17.6. The van der Waals surface area contributed by atoms with E-state index in [1.54, 1.807) is 47.6 Å². The number of amides is 2. The second-order valence-electron chi connectivity index (χ2n) is 9.38. The number of halogens is 1. The van der Waals surface area contributed by atoms with Crippen molar-refractivity contribution in [1.29, 1.82) is 0 Å². The summed E-state index contributed by atoms with van der Waals surface area (Å²) in [4.78, 5) is 32.4. The van der Waals surface area contributed by atoms with Crippen molar-refractivity contribution >= 4 is 40.5 Å². The molecule has 5 rings (SSSR count). The Hall–Kier alpha value is -3.24. The molecule has 2 aliphatic heterocycles. The van der Waals surface area contributed by atoms with Crippen LogP contribution in [-0.4, -0.2) is 85.4 Å². The third-order valence-corrected chi connectivity index (χ3v) is 8.23. The lowest BCUT2D eigenvalue weighted by molar-refractivity contribution is -0.133. The molecule has 1 atom stereocenters. The molecule has 0 aliphatic carbocycles. The number of carbonyl (C=O) groups is 2. The van der Waals surface area contributed by atoms with Crippen LogP contribution in [0.5, 0.6) is 5.75 Å². The number of morpholine rings is 1. The van der Waals surface area contributed by atoms with Crippen LogP contribution < -0.4 is 4.74 Å². The molecule has 3 aromatic rings. The molecule has 3 heterocycles. The van der Waals surface area contributed by atoms with Gasteiger partial charge in [-0.05, 0) is 29.6 Å². The first-order valence-corrected chi connectivity index (χ1v) is 14.2.